The van der Waals surface area contributed by atoms with Crippen molar-refractivity contribution in [1.82, 2.24) is 10.6 Å². The molecule has 5 heteroatoms. The lowest BCUT2D eigenvalue weighted by Crippen LogP contribution is -2.39. The van der Waals surface area contributed by atoms with Crippen LogP contribution in [-0.4, -0.2) is 32.4 Å². The fraction of sp³-hybridized carbons (Fsp3) is 0.611. The molecule has 2 aliphatic rings. The zero-order valence-corrected chi connectivity index (χ0v) is 14.3. The van der Waals surface area contributed by atoms with Gasteiger partial charge >= 0.3 is 0 Å². The average Bonchev–Trinajstić information content (AvgIpc) is 3.24. The van der Waals surface area contributed by atoms with E-state index in [0.29, 0.717) is 13.3 Å². The first-order valence-corrected chi connectivity index (χ1v) is 8.51. The normalized spacial score (nSPS) is 17.3. The summed E-state index contributed by atoms with van der Waals surface area (Å²) in [6.07, 6.45) is 2.68. The van der Waals surface area contributed by atoms with Crippen LogP contribution in [0.25, 0.3) is 0 Å². The second-order valence-electron chi connectivity index (χ2n) is 6.97. The largest absolute Gasteiger partial charge is 0.454 e. The minimum atomic E-state index is -0.0666. The van der Waals surface area contributed by atoms with E-state index in [9.17, 15) is 0 Å². The van der Waals surface area contributed by atoms with Crippen LogP contribution in [0.2, 0.25) is 0 Å². The average molecular weight is 317 g/mol. The van der Waals surface area contributed by atoms with Gasteiger partial charge in [0.1, 0.15) is 0 Å². The highest BCUT2D eigenvalue weighted by Crippen LogP contribution is 2.36. The van der Waals surface area contributed by atoms with Crippen molar-refractivity contribution in [1.29, 1.82) is 0 Å². The van der Waals surface area contributed by atoms with Crippen LogP contribution in [0.15, 0.2) is 23.2 Å². The van der Waals surface area contributed by atoms with Gasteiger partial charge in [-0.3, -0.25) is 4.99 Å². The zero-order valence-electron chi connectivity index (χ0n) is 14.3. The van der Waals surface area contributed by atoms with Crippen molar-refractivity contribution in [2.45, 2.75) is 39.0 Å². The van der Waals surface area contributed by atoms with Crippen molar-refractivity contribution < 1.29 is 9.47 Å². The predicted octanol–water partition coefficient (Wildman–Crippen LogP) is 2.66. The Labute approximate surface area is 138 Å². The number of fused-ring (bicyclic) bond motifs is 1. The summed E-state index contributed by atoms with van der Waals surface area (Å²) >= 11 is 0. The number of nitrogens with one attached hydrogen (secondary N) is 2. The molecule has 5 nitrogen and oxygen atoms in total. The molecule has 3 rings (SSSR count). The van der Waals surface area contributed by atoms with E-state index in [1.54, 1.807) is 0 Å². The van der Waals surface area contributed by atoms with Crippen LogP contribution in [0.1, 0.15) is 39.2 Å². The molecule has 0 spiro atoms. The van der Waals surface area contributed by atoms with Gasteiger partial charge in [0.25, 0.3) is 0 Å². The van der Waals surface area contributed by atoms with Gasteiger partial charge < -0.3 is 20.1 Å². The van der Waals surface area contributed by atoms with Gasteiger partial charge in [-0.15, -0.1) is 0 Å². The monoisotopic (exact) mass is 317 g/mol. The molecule has 1 aromatic rings. The van der Waals surface area contributed by atoms with E-state index in [1.165, 1.54) is 18.4 Å². The summed E-state index contributed by atoms with van der Waals surface area (Å²) in [5.74, 6) is 3.40. The number of hydrogen-bond acceptors (Lipinski definition) is 3. The molecule has 0 aromatic heterocycles. The lowest BCUT2D eigenvalue weighted by Gasteiger charge is -2.24. The van der Waals surface area contributed by atoms with Crippen LogP contribution in [-0.2, 0) is 5.41 Å². The maximum Gasteiger partial charge on any atom is 0.231 e. The third-order valence-electron chi connectivity index (χ3n) is 4.39. The number of ether oxygens (including phenoxy) is 2. The van der Waals surface area contributed by atoms with Crippen LogP contribution < -0.4 is 20.1 Å². The second-order valence-corrected chi connectivity index (χ2v) is 6.97. The van der Waals surface area contributed by atoms with Gasteiger partial charge in [0.05, 0.1) is 6.54 Å². The van der Waals surface area contributed by atoms with E-state index < -0.39 is 0 Å². The molecule has 0 amide bonds. The van der Waals surface area contributed by atoms with E-state index >= 15 is 0 Å². The van der Waals surface area contributed by atoms with Crippen molar-refractivity contribution in [3.63, 3.8) is 0 Å². The van der Waals surface area contributed by atoms with E-state index in [1.807, 2.05) is 6.07 Å². The summed E-state index contributed by atoms with van der Waals surface area (Å²) in [5.41, 5.74) is 1.15. The van der Waals surface area contributed by atoms with Crippen molar-refractivity contribution in [2.24, 2.45) is 10.9 Å². The minimum Gasteiger partial charge on any atom is -0.454 e. The Balaban J connectivity index is 1.66. The van der Waals surface area contributed by atoms with Crippen LogP contribution in [0.3, 0.4) is 0 Å². The minimum absolute atomic E-state index is 0.0666. The first-order chi connectivity index (χ1) is 11.1. The molecule has 0 atom stereocenters. The van der Waals surface area contributed by atoms with Crippen molar-refractivity contribution in [2.75, 3.05) is 26.4 Å². The summed E-state index contributed by atoms with van der Waals surface area (Å²) in [7, 11) is 0. The highest BCUT2D eigenvalue weighted by atomic mass is 16.7. The van der Waals surface area contributed by atoms with Gasteiger partial charge in [0.15, 0.2) is 17.5 Å². The molecular weight excluding hydrogens is 290 g/mol. The van der Waals surface area contributed by atoms with Gasteiger partial charge in [-0.2, -0.15) is 0 Å². The van der Waals surface area contributed by atoms with Crippen LogP contribution >= 0.6 is 0 Å². The first kappa shape index (κ1) is 16.0. The predicted molar refractivity (Wildman–Crippen MR) is 92.3 cm³/mol. The van der Waals surface area contributed by atoms with Crippen molar-refractivity contribution in [3.8, 4) is 11.5 Å². The SMILES string of the molecule is CCNC(=NCC(C)(C)c1ccc2c(c1)OCO2)NCC1CC1. The van der Waals surface area contributed by atoms with Crippen LogP contribution in [0.5, 0.6) is 11.5 Å². The molecule has 0 radical (unpaired) electrons. The fourth-order valence-electron chi connectivity index (χ4n) is 2.59. The van der Waals surface area contributed by atoms with Gasteiger partial charge in [0, 0.05) is 18.5 Å². The third kappa shape index (κ3) is 4.09. The van der Waals surface area contributed by atoms with E-state index in [4.69, 9.17) is 14.5 Å². The number of rotatable bonds is 6. The van der Waals surface area contributed by atoms with E-state index in [-0.39, 0.29) is 5.41 Å². The Kier molecular flexibility index (Phi) is 4.64. The zero-order chi connectivity index (χ0) is 16.3. The Bertz CT molecular complexity index is 580. The molecule has 2 N–H and O–H groups in total. The quantitative estimate of drug-likeness (QED) is 0.626. The molecular formula is C18H27N3O2. The lowest BCUT2D eigenvalue weighted by atomic mass is 9.84. The number of nitrogens with zero attached hydrogens (tertiary/aromatic N) is 1. The van der Waals surface area contributed by atoms with Crippen LogP contribution in [0, 0.1) is 5.92 Å². The second kappa shape index (κ2) is 6.69. The summed E-state index contributed by atoms with van der Waals surface area (Å²) in [6.45, 7) is 9.44. The van der Waals surface area contributed by atoms with Gasteiger partial charge in [-0.1, -0.05) is 19.9 Å². The Morgan fingerprint density at radius 3 is 2.74 bits per heavy atom. The standard InChI is InChI=1S/C18H27N3O2/c1-4-19-17(20-10-13-5-6-13)21-11-18(2,3)14-7-8-15-16(9-14)23-12-22-15/h7-9,13H,4-6,10-12H2,1-3H3,(H2,19,20,21). The molecule has 0 bridgehead atoms. The molecule has 1 saturated carbocycles. The summed E-state index contributed by atoms with van der Waals surface area (Å²) in [6, 6.07) is 6.16. The van der Waals surface area contributed by atoms with Gasteiger partial charge in [0.2, 0.25) is 6.79 Å². The number of hydrogen-bond donors (Lipinski definition) is 2. The fourth-order valence-corrected chi connectivity index (χ4v) is 2.59. The van der Waals surface area contributed by atoms with E-state index in [0.717, 1.165) is 36.5 Å². The molecule has 1 aromatic carbocycles. The number of benzene rings is 1. The van der Waals surface area contributed by atoms with Gasteiger partial charge in [-0.25, -0.2) is 0 Å². The topological polar surface area (TPSA) is 54.9 Å². The molecule has 0 unspecified atom stereocenters. The summed E-state index contributed by atoms with van der Waals surface area (Å²) < 4.78 is 10.9. The van der Waals surface area contributed by atoms with Crippen molar-refractivity contribution in [3.05, 3.63) is 23.8 Å². The smallest absolute Gasteiger partial charge is 0.231 e. The molecule has 126 valence electrons. The molecule has 0 saturated heterocycles. The molecule has 1 aliphatic carbocycles. The molecule has 1 aliphatic heterocycles. The molecule has 1 fully saturated rings. The van der Waals surface area contributed by atoms with Crippen molar-refractivity contribution >= 4 is 5.96 Å². The Morgan fingerprint density at radius 2 is 2.00 bits per heavy atom. The van der Waals surface area contributed by atoms with Crippen LogP contribution in [0.4, 0.5) is 0 Å². The highest BCUT2D eigenvalue weighted by molar-refractivity contribution is 5.79. The molecule has 1 heterocycles. The number of guanidine groups is 1. The summed E-state index contributed by atoms with van der Waals surface area (Å²) in [4.78, 5) is 4.78. The molecule has 23 heavy (non-hydrogen) atoms. The Morgan fingerprint density at radius 1 is 1.22 bits per heavy atom. The highest BCUT2D eigenvalue weighted by Gasteiger charge is 2.25. The first-order valence-electron chi connectivity index (χ1n) is 8.51. The number of aliphatic imine (C=N–C) groups is 1. The Hall–Kier alpha value is -1.91. The maximum atomic E-state index is 5.49. The van der Waals surface area contributed by atoms with Gasteiger partial charge in [-0.05, 0) is 43.4 Å². The lowest BCUT2D eigenvalue weighted by molar-refractivity contribution is 0.174. The maximum absolute atomic E-state index is 5.49. The summed E-state index contributed by atoms with van der Waals surface area (Å²) in [5, 5.41) is 6.77. The third-order valence-corrected chi connectivity index (χ3v) is 4.39. The van der Waals surface area contributed by atoms with E-state index in [2.05, 4.69) is 43.5 Å².